The lowest BCUT2D eigenvalue weighted by Crippen LogP contribution is -2.50. The molecule has 0 spiro atoms. The molecule has 3 aromatic rings. The van der Waals surface area contributed by atoms with Crippen molar-refractivity contribution in [2.45, 2.75) is 44.4 Å². The Labute approximate surface area is 215 Å². The zero-order valence-electron chi connectivity index (χ0n) is 20.7. The Bertz CT molecular complexity index is 1280. The lowest BCUT2D eigenvalue weighted by atomic mass is 9.91. The van der Waals surface area contributed by atoms with Crippen molar-refractivity contribution in [1.29, 1.82) is 0 Å². The van der Waals surface area contributed by atoms with Crippen LogP contribution < -0.4 is 5.69 Å². The largest absolute Gasteiger partial charge is 0.465 e. The van der Waals surface area contributed by atoms with E-state index in [0.29, 0.717) is 12.3 Å². The van der Waals surface area contributed by atoms with Crippen LogP contribution in [0.1, 0.15) is 47.8 Å². The summed E-state index contributed by atoms with van der Waals surface area (Å²) in [7, 11) is 0. The fourth-order valence-corrected chi connectivity index (χ4v) is 5.40. The summed E-state index contributed by atoms with van der Waals surface area (Å²) in [6, 6.07) is 19.3. The van der Waals surface area contributed by atoms with Gasteiger partial charge in [-0.3, -0.25) is 9.36 Å². The molecule has 0 unspecified atom stereocenters. The van der Waals surface area contributed by atoms with Crippen molar-refractivity contribution in [3.05, 3.63) is 82.4 Å². The average Bonchev–Trinajstić information content (AvgIpc) is 3.29. The lowest BCUT2D eigenvalue weighted by Gasteiger charge is -2.34. The number of aromatic amines is 1. The van der Waals surface area contributed by atoms with Gasteiger partial charge in [-0.25, -0.2) is 9.59 Å². The summed E-state index contributed by atoms with van der Waals surface area (Å²) in [6.45, 7) is 1.49. The third kappa shape index (κ3) is 5.32. The molecule has 2 aromatic carbocycles. The number of nitrogens with zero attached hydrogens (tertiary/aromatic N) is 3. The first-order valence-electron chi connectivity index (χ1n) is 12.9. The highest BCUT2D eigenvalue weighted by Gasteiger charge is 2.35. The van der Waals surface area contributed by atoms with E-state index in [2.05, 4.69) is 4.98 Å². The maximum absolute atomic E-state index is 13.7. The molecule has 194 valence electrons. The van der Waals surface area contributed by atoms with E-state index in [1.54, 1.807) is 9.47 Å². The third-order valence-electron chi connectivity index (χ3n) is 7.33. The van der Waals surface area contributed by atoms with Gasteiger partial charge in [-0.2, -0.15) is 0 Å². The Morgan fingerprint density at radius 1 is 0.892 bits per heavy atom. The zero-order chi connectivity index (χ0) is 25.8. The van der Waals surface area contributed by atoms with Crippen LogP contribution in [0.25, 0.3) is 11.3 Å². The van der Waals surface area contributed by atoms with Crippen LogP contribution in [-0.4, -0.2) is 68.7 Å². The molecular weight excluding hydrogens is 472 g/mol. The minimum Gasteiger partial charge on any atom is -0.465 e. The second kappa shape index (κ2) is 11.0. The van der Waals surface area contributed by atoms with Crippen LogP contribution in [0.3, 0.4) is 0 Å². The number of piperazine rings is 1. The fourth-order valence-electron chi connectivity index (χ4n) is 5.40. The van der Waals surface area contributed by atoms with Crippen LogP contribution >= 0.6 is 0 Å². The molecule has 9 nitrogen and oxygen atoms in total. The average molecular weight is 505 g/mol. The minimum atomic E-state index is -0.990. The predicted molar refractivity (Wildman–Crippen MR) is 139 cm³/mol. The molecule has 2 heterocycles. The van der Waals surface area contributed by atoms with Crippen molar-refractivity contribution in [2.75, 3.05) is 26.2 Å². The molecule has 5 rings (SSSR count). The smallest absolute Gasteiger partial charge is 0.407 e. The maximum atomic E-state index is 13.7. The van der Waals surface area contributed by atoms with Crippen LogP contribution in [0.2, 0.25) is 0 Å². The second-order valence-electron chi connectivity index (χ2n) is 9.64. The number of carbonyl (C=O) groups excluding carboxylic acids is 1. The van der Waals surface area contributed by atoms with Crippen LogP contribution in [0, 0.1) is 0 Å². The SMILES string of the molecule is O=C(O)N1CCN(C(=O)c2[nH]c(=O)n([C@@H]3CCCC[C@H]3OCc3ccccc3)c2-c2ccccc2)CC1. The highest BCUT2D eigenvalue weighted by atomic mass is 16.5. The predicted octanol–water partition coefficient (Wildman–Crippen LogP) is 3.98. The van der Waals surface area contributed by atoms with Crippen LogP contribution in [-0.2, 0) is 11.3 Å². The number of rotatable bonds is 6. The van der Waals surface area contributed by atoms with E-state index in [0.717, 1.165) is 36.8 Å². The number of carboxylic acid groups (broad SMARTS) is 1. The fraction of sp³-hybridized carbons (Fsp3) is 0.393. The van der Waals surface area contributed by atoms with E-state index in [9.17, 15) is 19.5 Å². The van der Waals surface area contributed by atoms with Crippen LogP contribution in [0.5, 0.6) is 0 Å². The van der Waals surface area contributed by atoms with Crippen molar-refractivity contribution >= 4 is 12.0 Å². The standard InChI is InChI=1S/C28H32N4O5/c33-26(30-15-17-31(18-16-30)28(35)36)24-25(21-11-5-2-6-12-21)32(27(34)29-24)22-13-7-8-14-23(22)37-19-20-9-3-1-4-10-20/h1-6,9-12,22-23H,7-8,13-19H2,(H,29,34)(H,35,36)/t22-,23-/m1/s1. The van der Waals surface area contributed by atoms with Gasteiger partial charge >= 0.3 is 11.8 Å². The molecule has 37 heavy (non-hydrogen) atoms. The zero-order valence-corrected chi connectivity index (χ0v) is 20.7. The number of H-pyrrole nitrogens is 1. The van der Waals surface area contributed by atoms with Crippen molar-refractivity contribution in [2.24, 2.45) is 0 Å². The number of hydrogen-bond acceptors (Lipinski definition) is 4. The Balaban J connectivity index is 1.48. The highest BCUT2D eigenvalue weighted by Crippen LogP contribution is 2.35. The number of aromatic nitrogens is 2. The van der Waals surface area contributed by atoms with Crippen LogP contribution in [0.4, 0.5) is 4.79 Å². The summed E-state index contributed by atoms with van der Waals surface area (Å²) in [5.41, 5.74) is 2.34. The van der Waals surface area contributed by atoms with E-state index in [4.69, 9.17) is 4.74 Å². The van der Waals surface area contributed by atoms with Gasteiger partial charge in [0.2, 0.25) is 0 Å². The Morgan fingerprint density at radius 3 is 2.19 bits per heavy atom. The normalized spacial score (nSPS) is 20.1. The molecule has 0 radical (unpaired) electrons. The molecule has 2 amide bonds. The van der Waals surface area contributed by atoms with E-state index in [1.165, 1.54) is 4.90 Å². The molecule has 2 atom stereocenters. The van der Waals surface area contributed by atoms with Crippen molar-refractivity contribution in [3.63, 3.8) is 0 Å². The van der Waals surface area contributed by atoms with Gasteiger partial charge in [-0.1, -0.05) is 73.5 Å². The lowest BCUT2D eigenvalue weighted by molar-refractivity contribution is -0.0167. The Hall–Kier alpha value is -3.85. The van der Waals surface area contributed by atoms with Crippen molar-refractivity contribution in [3.8, 4) is 11.3 Å². The molecule has 2 N–H and O–H groups in total. The summed E-state index contributed by atoms with van der Waals surface area (Å²) in [5, 5.41) is 9.26. The molecule has 1 saturated heterocycles. The first kappa shape index (κ1) is 24.8. The van der Waals surface area contributed by atoms with Crippen LogP contribution in [0.15, 0.2) is 65.5 Å². The van der Waals surface area contributed by atoms with Gasteiger partial charge in [-0.05, 0) is 18.4 Å². The van der Waals surface area contributed by atoms with Crippen molar-refractivity contribution in [1.82, 2.24) is 19.4 Å². The summed E-state index contributed by atoms with van der Waals surface area (Å²) >= 11 is 0. The summed E-state index contributed by atoms with van der Waals surface area (Å²) in [5.74, 6) is -0.294. The van der Waals surface area contributed by atoms with E-state index >= 15 is 0 Å². The topological polar surface area (TPSA) is 108 Å². The molecule has 1 aliphatic heterocycles. The van der Waals surface area contributed by atoms with Gasteiger partial charge in [-0.15, -0.1) is 0 Å². The Morgan fingerprint density at radius 2 is 1.51 bits per heavy atom. The van der Waals surface area contributed by atoms with Gasteiger partial charge in [0.15, 0.2) is 0 Å². The molecule has 1 saturated carbocycles. The molecule has 1 aromatic heterocycles. The number of benzene rings is 2. The molecular formula is C28H32N4O5. The van der Waals surface area contributed by atoms with Gasteiger partial charge in [0.05, 0.1) is 24.4 Å². The molecule has 2 fully saturated rings. The first-order chi connectivity index (χ1) is 18.0. The summed E-state index contributed by atoms with van der Waals surface area (Å²) in [6.07, 6.45) is 2.46. The number of hydrogen-bond donors (Lipinski definition) is 2. The molecule has 1 aliphatic carbocycles. The third-order valence-corrected chi connectivity index (χ3v) is 7.33. The monoisotopic (exact) mass is 504 g/mol. The van der Waals surface area contributed by atoms with E-state index < -0.39 is 6.09 Å². The van der Waals surface area contributed by atoms with Gasteiger partial charge in [0, 0.05) is 31.7 Å². The Kier molecular flexibility index (Phi) is 7.41. The highest BCUT2D eigenvalue weighted by molar-refractivity contribution is 5.98. The maximum Gasteiger partial charge on any atom is 0.407 e. The number of ether oxygens (including phenoxy) is 1. The second-order valence-corrected chi connectivity index (χ2v) is 9.64. The van der Waals surface area contributed by atoms with Gasteiger partial charge in [0.1, 0.15) is 5.69 Å². The number of amides is 2. The minimum absolute atomic E-state index is 0.160. The van der Waals surface area contributed by atoms with E-state index in [1.807, 2.05) is 60.7 Å². The van der Waals surface area contributed by atoms with E-state index in [-0.39, 0.29) is 55.6 Å². The molecule has 0 bridgehead atoms. The van der Waals surface area contributed by atoms with Crippen molar-refractivity contribution < 1.29 is 19.4 Å². The number of imidazole rings is 1. The number of carbonyl (C=O) groups is 2. The first-order valence-corrected chi connectivity index (χ1v) is 12.9. The molecule has 9 heteroatoms. The van der Waals surface area contributed by atoms with Gasteiger partial charge in [0.25, 0.3) is 5.91 Å². The number of nitrogens with one attached hydrogen (secondary N) is 1. The quantitative estimate of drug-likeness (QED) is 0.528. The van der Waals surface area contributed by atoms with Gasteiger partial charge < -0.3 is 24.6 Å². The summed E-state index contributed by atoms with van der Waals surface area (Å²) < 4.78 is 8.10. The molecule has 2 aliphatic rings. The summed E-state index contributed by atoms with van der Waals surface area (Å²) in [4.78, 5) is 44.2.